The van der Waals surface area contributed by atoms with Crippen molar-refractivity contribution in [1.82, 2.24) is 0 Å². The molecule has 2 aromatic rings. The van der Waals surface area contributed by atoms with Crippen LogP contribution >= 0.6 is 0 Å². The Kier molecular flexibility index (Phi) is 5.26. The third kappa shape index (κ3) is 3.84. The van der Waals surface area contributed by atoms with Gasteiger partial charge in [-0.05, 0) is 43.2 Å². The van der Waals surface area contributed by atoms with E-state index in [9.17, 15) is 14.4 Å². The molecule has 1 aliphatic heterocycles. The molecule has 2 amide bonds. The van der Waals surface area contributed by atoms with Crippen LogP contribution in [0.4, 0.5) is 11.4 Å². The molecular weight excluding hydrogens is 344 g/mol. The Morgan fingerprint density at radius 2 is 1.78 bits per heavy atom. The molecule has 0 bridgehead atoms. The first-order chi connectivity index (χ1) is 12.9. The van der Waals surface area contributed by atoms with E-state index in [1.54, 1.807) is 29.2 Å². The molecule has 1 aliphatic rings. The van der Waals surface area contributed by atoms with E-state index in [2.05, 4.69) is 5.32 Å². The van der Waals surface area contributed by atoms with Gasteiger partial charge in [-0.15, -0.1) is 0 Å². The summed E-state index contributed by atoms with van der Waals surface area (Å²) >= 11 is 0. The van der Waals surface area contributed by atoms with E-state index in [4.69, 9.17) is 4.74 Å². The third-order valence-electron chi connectivity index (χ3n) is 4.76. The average Bonchev–Trinajstić information content (AvgIpc) is 3.03. The first kappa shape index (κ1) is 18.6. The van der Waals surface area contributed by atoms with Gasteiger partial charge in [0.2, 0.25) is 11.8 Å². The zero-order chi connectivity index (χ0) is 19.6. The molecule has 6 nitrogen and oxygen atoms in total. The van der Waals surface area contributed by atoms with Crippen LogP contribution in [-0.4, -0.2) is 31.4 Å². The molecule has 0 spiro atoms. The molecule has 0 saturated carbocycles. The molecule has 1 fully saturated rings. The molecule has 1 saturated heterocycles. The van der Waals surface area contributed by atoms with Crippen molar-refractivity contribution in [2.75, 3.05) is 23.9 Å². The first-order valence-corrected chi connectivity index (χ1v) is 8.76. The number of nitrogens with zero attached hydrogens (tertiary/aromatic N) is 1. The predicted molar refractivity (Wildman–Crippen MR) is 103 cm³/mol. The molecule has 27 heavy (non-hydrogen) atoms. The summed E-state index contributed by atoms with van der Waals surface area (Å²) in [5, 5.41) is 2.80. The van der Waals surface area contributed by atoms with Crippen molar-refractivity contribution >= 4 is 29.2 Å². The number of anilines is 2. The fraction of sp³-hybridized carbons (Fsp3) is 0.286. The SMILES string of the molecule is COC(=O)c1cccc(NC(=O)C2CC(=O)N(c3c(C)cccc3C)C2)c1. The second kappa shape index (κ2) is 7.61. The van der Waals surface area contributed by atoms with E-state index < -0.39 is 11.9 Å². The number of para-hydroxylation sites is 1. The molecule has 0 aliphatic carbocycles. The topological polar surface area (TPSA) is 75.7 Å². The van der Waals surface area contributed by atoms with Crippen molar-refractivity contribution in [3.05, 3.63) is 59.2 Å². The monoisotopic (exact) mass is 366 g/mol. The molecule has 140 valence electrons. The van der Waals surface area contributed by atoms with Crippen molar-refractivity contribution in [2.24, 2.45) is 5.92 Å². The number of hydrogen-bond acceptors (Lipinski definition) is 4. The molecule has 6 heteroatoms. The highest BCUT2D eigenvalue weighted by atomic mass is 16.5. The predicted octanol–water partition coefficient (Wildman–Crippen LogP) is 3.08. The number of carbonyl (C=O) groups is 3. The van der Waals surface area contributed by atoms with Gasteiger partial charge in [0.05, 0.1) is 18.6 Å². The number of esters is 1. The zero-order valence-electron chi connectivity index (χ0n) is 15.6. The van der Waals surface area contributed by atoms with E-state index in [0.717, 1.165) is 16.8 Å². The molecule has 1 N–H and O–H groups in total. The molecule has 1 heterocycles. The first-order valence-electron chi connectivity index (χ1n) is 8.76. The minimum Gasteiger partial charge on any atom is -0.465 e. The van der Waals surface area contributed by atoms with Crippen LogP contribution in [0.25, 0.3) is 0 Å². The van der Waals surface area contributed by atoms with E-state index >= 15 is 0 Å². The highest BCUT2D eigenvalue weighted by Gasteiger charge is 2.36. The van der Waals surface area contributed by atoms with E-state index in [1.807, 2.05) is 32.0 Å². The number of hydrogen-bond donors (Lipinski definition) is 1. The number of benzene rings is 2. The van der Waals surface area contributed by atoms with E-state index in [1.165, 1.54) is 7.11 Å². The number of aryl methyl sites for hydroxylation is 2. The Balaban J connectivity index is 1.74. The quantitative estimate of drug-likeness (QED) is 0.844. The Morgan fingerprint density at radius 3 is 2.44 bits per heavy atom. The van der Waals surface area contributed by atoms with Crippen molar-refractivity contribution in [3.63, 3.8) is 0 Å². The summed E-state index contributed by atoms with van der Waals surface area (Å²) in [5.41, 5.74) is 3.76. The van der Waals surface area contributed by atoms with Gasteiger partial charge in [0, 0.05) is 24.3 Å². The zero-order valence-corrected chi connectivity index (χ0v) is 15.6. The van der Waals surface area contributed by atoms with Crippen LogP contribution in [0, 0.1) is 19.8 Å². The number of rotatable bonds is 4. The number of carbonyl (C=O) groups excluding carboxylic acids is 3. The Hall–Kier alpha value is -3.15. The lowest BCUT2D eigenvalue weighted by Crippen LogP contribution is -2.29. The number of nitrogens with one attached hydrogen (secondary N) is 1. The number of ether oxygens (including phenoxy) is 1. The number of methoxy groups -OCH3 is 1. The fourth-order valence-electron chi connectivity index (χ4n) is 3.42. The molecular formula is C21H22N2O4. The Morgan fingerprint density at radius 1 is 1.11 bits per heavy atom. The van der Waals surface area contributed by atoms with Gasteiger partial charge in [0.15, 0.2) is 0 Å². The van der Waals surface area contributed by atoms with Crippen LogP contribution in [0.2, 0.25) is 0 Å². The van der Waals surface area contributed by atoms with Gasteiger partial charge in [0.1, 0.15) is 0 Å². The molecule has 3 rings (SSSR count). The van der Waals surface area contributed by atoms with Gasteiger partial charge < -0.3 is 15.0 Å². The summed E-state index contributed by atoms with van der Waals surface area (Å²) in [6.45, 7) is 4.26. The maximum Gasteiger partial charge on any atom is 0.337 e. The summed E-state index contributed by atoms with van der Waals surface area (Å²) in [4.78, 5) is 38.5. The lowest BCUT2D eigenvalue weighted by molar-refractivity contribution is -0.122. The number of amides is 2. The summed E-state index contributed by atoms with van der Waals surface area (Å²) in [6.07, 6.45) is 0.163. The minimum absolute atomic E-state index is 0.0594. The van der Waals surface area contributed by atoms with Gasteiger partial charge in [-0.1, -0.05) is 24.3 Å². The van der Waals surface area contributed by atoms with E-state index in [0.29, 0.717) is 17.8 Å². The van der Waals surface area contributed by atoms with Gasteiger partial charge in [-0.2, -0.15) is 0 Å². The normalized spacial score (nSPS) is 16.3. The second-order valence-electron chi connectivity index (χ2n) is 6.71. The fourth-order valence-corrected chi connectivity index (χ4v) is 3.42. The van der Waals surface area contributed by atoms with Crippen molar-refractivity contribution in [1.29, 1.82) is 0 Å². The van der Waals surface area contributed by atoms with Gasteiger partial charge in [-0.3, -0.25) is 9.59 Å². The minimum atomic E-state index is -0.469. The van der Waals surface area contributed by atoms with Crippen molar-refractivity contribution in [2.45, 2.75) is 20.3 Å². The largest absolute Gasteiger partial charge is 0.465 e. The molecule has 1 atom stereocenters. The van der Waals surface area contributed by atoms with Crippen molar-refractivity contribution in [3.8, 4) is 0 Å². The van der Waals surface area contributed by atoms with Crippen LogP contribution < -0.4 is 10.2 Å². The summed E-state index contributed by atoms with van der Waals surface area (Å²) in [7, 11) is 1.31. The van der Waals surface area contributed by atoms with Crippen LogP contribution in [-0.2, 0) is 14.3 Å². The van der Waals surface area contributed by atoms with Gasteiger partial charge in [-0.25, -0.2) is 4.79 Å². The standard InChI is InChI=1S/C21H22N2O4/c1-13-6-4-7-14(2)19(13)23-12-16(11-18(23)24)20(25)22-17-9-5-8-15(10-17)21(26)27-3/h4-10,16H,11-12H2,1-3H3,(H,22,25). The van der Waals surface area contributed by atoms with Crippen molar-refractivity contribution < 1.29 is 19.1 Å². The average molecular weight is 366 g/mol. The second-order valence-corrected chi connectivity index (χ2v) is 6.71. The van der Waals surface area contributed by atoms with Crippen LogP contribution in [0.5, 0.6) is 0 Å². The van der Waals surface area contributed by atoms with Crippen LogP contribution in [0.3, 0.4) is 0 Å². The molecule has 1 unspecified atom stereocenters. The lowest BCUT2D eigenvalue weighted by Gasteiger charge is -2.21. The van der Waals surface area contributed by atoms with Crippen LogP contribution in [0.15, 0.2) is 42.5 Å². The maximum atomic E-state index is 12.7. The summed E-state index contributed by atoms with van der Waals surface area (Å²) < 4.78 is 4.69. The highest BCUT2D eigenvalue weighted by Crippen LogP contribution is 2.31. The molecule has 0 radical (unpaired) electrons. The van der Waals surface area contributed by atoms with Gasteiger partial charge in [0.25, 0.3) is 0 Å². The Bertz CT molecular complexity index is 887. The molecule has 2 aromatic carbocycles. The summed E-state index contributed by atoms with van der Waals surface area (Å²) in [6, 6.07) is 12.4. The van der Waals surface area contributed by atoms with Crippen LogP contribution in [0.1, 0.15) is 27.9 Å². The Labute approximate surface area is 158 Å². The lowest BCUT2D eigenvalue weighted by atomic mass is 10.1. The highest BCUT2D eigenvalue weighted by molar-refractivity contribution is 6.04. The van der Waals surface area contributed by atoms with E-state index in [-0.39, 0.29) is 18.2 Å². The third-order valence-corrected chi connectivity index (χ3v) is 4.76. The maximum absolute atomic E-state index is 12.7. The van der Waals surface area contributed by atoms with Gasteiger partial charge >= 0.3 is 5.97 Å². The molecule has 0 aromatic heterocycles. The summed E-state index contributed by atoms with van der Waals surface area (Å²) in [5.74, 6) is -1.21. The smallest absolute Gasteiger partial charge is 0.337 e.